The molecule has 0 aliphatic carbocycles. The second-order valence-corrected chi connectivity index (χ2v) is 15.0. The highest BCUT2D eigenvalue weighted by molar-refractivity contribution is 14.1. The second kappa shape index (κ2) is 40.4. The van der Waals surface area contributed by atoms with Gasteiger partial charge in [-0.05, 0) is 38.5 Å². The third kappa shape index (κ3) is 38.9. The maximum absolute atomic E-state index is 12.5. The number of carbonyl (C=O) groups excluding carboxylic acids is 5. The topological polar surface area (TPSA) is 257 Å². The number of hydrogen-bond acceptors (Lipinski definition) is 12. The van der Waals surface area contributed by atoms with Crippen LogP contribution >= 0.6 is 22.6 Å². The summed E-state index contributed by atoms with van der Waals surface area (Å²) in [6, 6.07) is -1.98. The van der Waals surface area contributed by atoms with Crippen LogP contribution in [0.3, 0.4) is 0 Å². The lowest BCUT2D eigenvalue weighted by molar-refractivity contribution is -0.142. The van der Waals surface area contributed by atoms with Gasteiger partial charge in [0, 0.05) is 61.5 Å². The fraction of sp³-hybridized carbons (Fsp3) is 0.821. The summed E-state index contributed by atoms with van der Waals surface area (Å²) in [5.41, 5.74) is 1.46. The molecular weight excluding hydrogens is 892 g/mol. The van der Waals surface area contributed by atoms with Crippen LogP contribution in [0.25, 0.3) is 0 Å². The predicted octanol–water partition coefficient (Wildman–Crippen LogP) is 3.27. The molecule has 0 aliphatic rings. The maximum Gasteiger partial charge on any atom is 0.326 e. The number of carboxylic acid groups (broad SMARTS) is 2. The van der Waals surface area contributed by atoms with Gasteiger partial charge in [0.25, 0.3) is 0 Å². The van der Waals surface area contributed by atoms with E-state index in [9.17, 15) is 43.1 Å². The molecule has 0 heterocycles. The first-order chi connectivity index (χ1) is 28.5. The molecule has 0 aliphatic heterocycles. The van der Waals surface area contributed by atoms with Crippen LogP contribution < -0.4 is 26.8 Å². The van der Waals surface area contributed by atoms with Crippen molar-refractivity contribution in [3.63, 3.8) is 0 Å². The number of amides is 4. The summed E-state index contributed by atoms with van der Waals surface area (Å²) in [5.74, 6) is -3.27. The van der Waals surface area contributed by atoms with E-state index >= 15 is 0 Å². The molecule has 20 heteroatoms. The van der Waals surface area contributed by atoms with Crippen LogP contribution in [0.15, 0.2) is 0 Å². The first-order valence-electron chi connectivity index (χ1n) is 20.9. The summed E-state index contributed by atoms with van der Waals surface area (Å²) in [6.45, 7) is 1.72. The number of halogens is 2. The summed E-state index contributed by atoms with van der Waals surface area (Å²) in [6.07, 6.45) is 14.2. The van der Waals surface area contributed by atoms with E-state index in [1.807, 2.05) is 0 Å². The van der Waals surface area contributed by atoms with Gasteiger partial charge >= 0.3 is 11.9 Å². The minimum atomic E-state index is -1.19. The summed E-state index contributed by atoms with van der Waals surface area (Å²) in [7, 11) is 0. The Morgan fingerprint density at radius 1 is 0.475 bits per heavy atom. The highest BCUT2D eigenvalue weighted by Crippen LogP contribution is 2.13. The Morgan fingerprint density at radius 3 is 1.41 bits per heavy atom. The Hall–Kier alpha value is -3.05. The molecule has 2 atom stereocenters. The van der Waals surface area contributed by atoms with Gasteiger partial charge in [-0.3, -0.25) is 28.8 Å². The molecule has 0 aromatic rings. The van der Waals surface area contributed by atoms with Crippen LogP contribution in [0.1, 0.15) is 122 Å². The van der Waals surface area contributed by atoms with Crippen LogP contribution in [-0.2, 0) is 52.5 Å². The number of nitrogens with one attached hydrogen (secondary N) is 5. The number of hydrogen-bond donors (Lipinski definition) is 7. The summed E-state index contributed by atoms with van der Waals surface area (Å²) in [5, 5.41) is 28.6. The number of rotatable bonds is 43. The van der Waals surface area contributed by atoms with Crippen LogP contribution in [0.5, 0.6) is 0 Å². The lowest BCUT2D eigenvalue weighted by Crippen LogP contribution is -2.41. The van der Waals surface area contributed by atoms with Crippen molar-refractivity contribution < 1.29 is 67.2 Å². The predicted molar refractivity (Wildman–Crippen MR) is 224 cm³/mol. The molecule has 7 N–H and O–H groups in total. The number of aliphatic carboxylic acids is 2. The van der Waals surface area contributed by atoms with E-state index in [4.69, 9.17) is 24.1 Å². The zero-order valence-corrected chi connectivity index (χ0v) is 36.7. The maximum atomic E-state index is 12.5. The van der Waals surface area contributed by atoms with Crippen molar-refractivity contribution in [2.45, 2.75) is 134 Å². The van der Waals surface area contributed by atoms with Gasteiger partial charge in [0.2, 0.25) is 27.4 Å². The molecule has 0 unspecified atom stereocenters. The van der Waals surface area contributed by atoms with Crippen molar-refractivity contribution in [3.8, 4) is 0 Å². The Balaban J connectivity index is 3.66. The molecule has 0 aromatic carbocycles. The molecule has 0 saturated carbocycles. The minimum Gasteiger partial charge on any atom is -0.481 e. The van der Waals surface area contributed by atoms with Crippen LogP contribution in [0.2, 0.25) is 0 Å². The Morgan fingerprint density at radius 2 is 0.932 bits per heavy atom. The summed E-state index contributed by atoms with van der Waals surface area (Å²) >= 11 is 1.54. The average molecular weight is 962 g/mol. The highest BCUT2D eigenvalue weighted by Gasteiger charge is 2.21. The summed E-state index contributed by atoms with van der Waals surface area (Å²) in [4.78, 5) is 81.4. The Kier molecular flexibility index (Phi) is 38.3. The van der Waals surface area contributed by atoms with Gasteiger partial charge in [-0.25, -0.2) is 4.79 Å². The van der Waals surface area contributed by atoms with Gasteiger partial charge in [-0.1, -0.05) is 64.2 Å². The van der Waals surface area contributed by atoms with E-state index in [2.05, 4.69) is 21.3 Å². The number of ether oxygens (including phenoxy) is 4. The fourth-order valence-corrected chi connectivity index (χ4v) is 5.96. The SMILES string of the molecule is O=C(O)CCCCCCCCCCCCCCC(=O)N[C@@H](CCC(=O)NCCOCCOCC(=O)NCCOCCOCC(=O)NCCCC[C@H](NF)C(=O)I)C(=O)O. The van der Waals surface area contributed by atoms with E-state index < -0.39 is 24.0 Å². The molecule has 0 bridgehead atoms. The van der Waals surface area contributed by atoms with Gasteiger partial charge in [-0.15, -0.1) is 10.0 Å². The second-order valence-electron chi connectivity index (χ2n) is 14.0. The Bertz CT molecular complexity index is 1170. The molecule has 0 fully saturated rings. The van der Waals surface area contributed by atoms with Crippen molar-refractivity contribution >= 4 is 61.9 Å². The van der Waals surface area contributed by atoms with Crippen LogP contribution in [0.4, 0.5) is 4.48 Å². The molecule has 0 radical (unpaired) electrons. The van der Waals surface area contributed by atoms with E-state index in [0.29, 0.717) is 32.2 Å². The first kappa shape index (κ1) is 55.9. The molecule has 0 aromatic heterocycles. The number of carboxylic acids is 2. The van der Waals surface area contributed by atoms with E-state index in [1.54, 1.807) is 0 Å². The van der Waals surface area contributed by atoms with Crippen molar-refractivity contribution in [1.29, 1.82) is 0 Å². The van der Waals surface area contributed by atoms with Gasteiger partial charge in [0.15, 0.2) is 0 Å². The number of unbranched alkanes of at least 4 members (excludes halogenated alkanes) is 12. The minimum absolute atomic E-state index is 0.0375. The van der Waals surface area contributed by atoms with Gasteiger partial charge in [-0.2, -0.15) is 0 Å². The highest BCUT2D eigenvalue weighted by atomic mass is 127. The quantitative estimate of drug-likeness (QED) is 0.0201. The zero-order valence-electron chi connectivity index (χ0n) is 34.5. The number of carbonyl (C=O) groups is 7. The van der Waals surface area contributed by atoms with E-state index in [1.165, 1.54) is 47.4 Å². The monoisotopic (exact) mass is 961 g/mol. The zero-order chi connectivity index (χ0) is 43.8. The van der Waals surface area contributed by atoms with Crippen LogP contribution in [-0.4, -0.2) is 134 Å². The molecule has 18 nitrogen and oxygen atoms in total. The van der Waals surface area contributed by atoms with Gasteiger partial charge in [0.1, 0.15) is 25.3 Å². The standard InChI is InChI=1S/C39H69FIN5O13/c40-46-31(38(41)53)15-13-14-20-42-35(49)29-58-27-26-57-24-22-44-36(50)30-59-28-25-56-23-21-43-33(47)19-18-32(39(54)55)45-34(48)16-11-9-7-5-3-1-2-4-6-8-10-12-17-37(51)52/h31-32,46H,1-30H2,(H,42,49)(H,43,47)(H,44,50)(H,45,48)(H,51,52)(H,54,55)/t31-,32-/m0/s1. The lowest BCUT2D eigenvalue weighted by Gasteiger charge is -2.14. The van der Waals surface area contributed by atoms with Gasteiger partial charge < -0.3 is 50.4 Å². The molecular formula is C39H69FIN5O13. The van der Waals surface area contributed by atoms with Crippen LogP contribution in [0, 0.1) is 0 Å². The van der Waals surface area contributed by atoms with Crippen molar-refractivity contribution in [1.82, 2.24) is 26.8 Å². The average Bonchev–Trinajstić information content (AvgIpc) is 3.19. The molecule has 0 rings (SSSR count). The molecule has 0 spiro atoms. The largest absolute Gasteiger partial charge is 0.481 e. The van der Waals surface area contributed by atoms with E-state index in [0.717, 1.165) is 51.4 Å². The molecule has 4 amide bonds. The van der Waals surface area contributed by atoms with Crippen molar-refractivity contribution in [2.24, 2.45) is 0 Å². The van der Waals surface area contributed by atoms with E-state index in [-0.39, 0.29) is 119 Å². The third-order valence-corrected chi connectivity index (χ3v) is 9.58. The molecule has 0 saturated heterocycles. The van der Waals surface area contributed by atoms with Crippen molar-refractivity contribution in [3.05, 3.63) is 0 Å². The third-order valence-electron chi connectivity index (χ3n) is 8.83. The van der Waals surface area contributed by atoms with Gasteiger partial charge in [0.05, 0.1) is 39.6 Å². The molecule has 59 heavy (non-hydrogen) atoms. The fourth-order valence-electron chi connectivity index (χ4n) is 5.53. The smallest absolute Gasteiger partial charge is 0.326 e. The van der Waals surface area contributed by atoms with Crippen molar-refractivity contribution in [2.75, 3.05) is 72.5 Å². The first-order valence-corrected chi connectivity index (χ1v) is 21.9. The lowest BCUT2D eigenvalue weighted by atomic mass is 10.0. The summed E-state index contributed by atoms with van der Waals surface area (Å²) < 4.78 is 33.4. The Labute approximate surface area is 361 Å². The normalized spacial score (nSPS) is 12.0. The molecule has 342 valence electrons.